The predicted molar refractivity (Wildman–Crippen MR) is 65.0 cm³/mol. The van der Waals surface area contributed by atoms with Crippen LogP contribution in [0.3, 0.4) is 0 Å². The molecule has 1 N–H and O–H groups in total. The summed E-state index contributed by atoms with van der Waals surface area (Å²) in [6, 6.07) is 1.03. The molecule has 4 nitrogen and oxygen atoms in total. The lowest BCUT2D eigenvalue weighted by Gasteiger charge is -2.21. The van der Waals surface area contributed by atoms with Gasteiger partial charge in [0.2, 0.25) is 0 Å². The lowest BCUT2D eigenvalue weighted by Crippen LogP contribution is -2.41. The minimum atomic E-state index is -2.92. The summed E-state index contributed by atoms with van der Waals surface area (Å²) in [5.74, 6) is 0.227. The maximum Gasteiger partial charge on any atom is 0.173 e. The van der Waals surface area contributed by atoms with Crippen molar-refractivity contribution >= 4 is 9.84 Å². The largest absolute Gasteiger partial charge is 0.305 e. The Morgan fingerprint density at radius 1 is 1.44 bits per heavy atom. The maximum atomic E-state index is 11.3. The van der Waals surface area contributed by atoms with Crippen molar-refractivity contribution in [2.45, 2.75) is 38.4 Å². The van der Waals surface area contributed by atoms with E-state index in [-0.39, 0.29) is 11.8 Å². The van der Waals surface area contributed by atoms with E-state index in [2.05, 4.69) is 24.1 Å². The molecule has 0 aromatic rings. The van der Waals surface area contributed by atoms with Crippen molar-refractivity contribution in [2.24, 2.45) is 0 Å². The number of likely N-dealkylation sites (tertiary alicyclic amines) is 1. The van der Waals surface area contributed by atoms with Crippen LogP contribution in [-0.2, 0) is 9.84 Å². The Kier molecular flexibility index (Phi) is 3.37. The summed E-state index contributed by atoms with van der Waals surface area (Å²) < 4.78 is 22.5. The topological polar surface area (TPSA) is 49.4 Å². The van der Waals surface area contributed by atoms with E-state index in [1.807, 2.05) is 0 Å². The molecule has 16 heavy (non-hydrogen) atoms. The third-order valence-corrected chi connectivity index (χ3v) is 4.73. The summed E-state index contributed by atoms with van der Waals surface area (Å²) in [4.78, 5) is 2.42. The van der Waals surface area contributed by atoms with Crippen molar-refractivity contribution < 1.29 is 8.42 Å². The zero-order valence-corrected chi connectivity index (χ0v) is 10.7. The molecule has 0 saturated carbocycles. The van der Waals surface area contributed by atoms with Crippen LogP contribution in [0.2, 0.25) is 0 Å². The molecule has 0 amide bonds. The van der Waals surface area contributed by atoms with Crippen LogP contribution in [0.15, 0.2) is 11.5 Å². The van der Waals surface area contributed by atoms with Crippen molar-refractivity contribution in [1.82, 2.24) is 10.2 Å². The molecule has 1 saturated heterocycles. The summed E-state index contributed by atoms with van der Waals surface area (Å²) in [5.41, 5.74) is 0. The fourth-order valence-corrected chi connectivity index (χ4v) is 3.62. The van der Waals surface area contributed by atoms with E-state index in [1.165, 1.54) is 5.41 Å². The third kappa shape index (κ3) is 2.84. The molecular weight excluding hydrogens is 224 g/mol. The van der Waals surface area contributed by atoms with Crippen LogP contribution in [0.4, 0.5) is 0 Å². The second-order valence-electron chi connectivity index (χ2n) is 5.01. The van der Waals surface area contributed by atoms with E-state index in [0.29, 0.717) is 12.1 Å². The highest BCUT2D eigenvalue weighted by Crippen LogP contribution is 2.15. The average Bonchev–Trinajstić information content (AvgIpc) is 2.73. The first-order chi connectivity index (χ1) is 7.46. The average molecular weight is 244 g/mol. The highest BCUT2D eigenvalue weighted by Gasteiger charge is 2.28. The Bertz CT molecular complexity index is 375. The van der Waals surface area contributed by atoms with Gasteiger partial charge >= 0.3 is 0 Å². The van der Waals surface area contributed by atoms with E-state index >= 15 is 0 Å². The number of sulfone groups is 1. The van der Waals surface area contributed by atoms with Crippen molar-refractivity contribution in [3.63, 3.8) is 0 Å². The smallest absolute Gasteiger partial charge is 0.173 e. The second kappa shape index (κ2) is 4.47. The van der Waals surface area contributed by atoms with E-state index in [1.54, 1.807) is 6.08 Å². The van der Waals surface area contributed by atoms with Gasteiger partial charge < -0.3 is 5.32 Å². The quantitative estimate of drug-likeness (QED) is 0.779. The Morgan fingerprint density at radius 2 is 2.19 bits per heavy atom. The van der Waals surface area contributed by atoms with Crippen molar-refractivity contribution in [3.05, 3.63) is 11.5 Å². The zero-order chi connectivity index (χ0) is 11.8. The molecule has 0 bridgehead atoms. The highest BCUT2D eigenvalue weighted by molar-refractivity contribution is 7.94. The molecule has 2 unspecified atom stereocenters. The Hall–Kier alpha value is -0.390. The third-order valence-electron chi connectivity index (χ3n) is 3.33. The first-order valence-electron chi connectivity index (χ1n) is 5.87. The Morgan fingerprint density at radius 3 is 2.69 bits per heavy atom. The highest BCUT2D eigenvalue weighted by atomic mass is 32.2. The van der Waals surface area contributed by atoms with Crippen molar-refractivity contribution in [2.75, 3.05) is 18.8 Å². The van der Waals surface area contributed by atoms with E-state index < -0.39 is 9.84 Å². The minimum Gasteiger partial charge on any atom is -0.305 e. The van der Waals surface area contributed by atoms with Crippen LogP contribution in [0.5, 0.6) is 0 Å². The van der Waals surface area contributed by atoms with Gasteiger partial charge in [-0.15, -0.1) is 0 Å². The van der Waals surface area contributed by atoms with Gasteiger partial charge in [-0.05, 0) is 26.8 Å². The summed E-state index contributed by atoms with van der Waals surface area (Å²) >= 11 is 0. The van der Waals surface area contributed by atoms with Crippen LogP contribution in [0, 0.1) is 0 Å². The summed E-state index contributed by atoms with van der Waals surface area (Å²) in [7, 11) is -2.92. The van der Waals surface area contributed by atoms with Crippen molar-refractivity contribution in [1.29, 1.82) is 0 Å². The lowest BCUT2D eigenvalue weighted by molar-refractivity contribution is 0.267. The second-order valence-corrected chi connectivity index (χ2v) is 6.94. The minimum absolute atomic E-state index is 0.0158. The van der Waals surface area contributed by atoms with Gasteiger partial charge in [0.15, 0.2) is 9.84 Å². The van der Waals surface area contributed by atoms with Gasteiger partial charge in [0.25, 0.3) is 0 Å². The Labute approximate surface area is 97.6 Å². The summed E-state index contributed by atoms with van der Waals surface area (Å²) in [5, 5.41) is 4.74. The first kappa shape index (κ1) is 12.1. The summed E-state index contributed by atoms with van der Waals surface area (Å²) in [6.45, 7) is 6.53. The molecule has 92 valence electrons. The van der Waals surface area contributed by atoms with Crippen LogP contribution in [-0.4, -0.2) is 50.3 Å². The molecule has 2 aliphatic rings. The molecule has 0 spiro atoms. The van der Waals surface area contributed by atoms with Gasteiger partial charge in [-0.25, -0.2) is 8.42 Å². The van der Waals surface area contributed by atoms with Crippen LogP contribution in [0.25, 0.3) is 0 Å². The van der Waals surface area contributed by atoms with Gasteiger partial charge in [0.05, 0.1) is 5.75 Å². The number of nitrogens with one attached hydrogen (secondary N) is 1. The normalized spacial score (nSPS) is 33.9. The lowest BCUT2D eigenvalue weighted by atomic mass is 10.2. The Balaban J connectivity index is 1.83. The molecule has 0 aliphatic carbocycles. The first-order valence-corrected chi connectivity index (χ1v) is 7.59. The van der Waals surface area contributed by atoms with Crippen LogP contribution in [0.1, 0.15) is 20.3 Å². The SMILES string of the molecule is CC(C)N1CCC(NC2C=CS(=O)(=O)C2)C1. The fourth-order valence-electron chi connectivity index (χ4n) is 2.37. The molecule has 2 rings (SSSR count). The molecule has 2 heterocycles. The van der Waals surface area contributed by atoms with E-state index in [4.69, 9.17) is 0 Å². The van der Waals surface area contributed by atoms with Gasteiger partial charge in [-0.1, -0.05) is 6.08 Å². The summed E-state index contributed by atoms with van der Waals surface area (Å²) in [6.07, 6.45) is 2.88. The van der Waals surface area contributed by atoms with Crippen LogP contribution >= 0.6 is 0 Å². The van der Waals surface area contributed by atoms with Gasteiger partial charge in [-0.2, -0.15) is 0 Å². The van der Waals surface area contributed by atoms with Gasteiger partial charge in [0.1, 0.15) is 0 Å². The molecule has 2 atom stereocenters. The molecule has 5 heteroatoms. The fraction of sp³-hybridized carbons (Fsp3) is 0.818. The van der Waals surface area contributed by atoms with E-state index in [9.17, 15) is 8.42 Å². The zero-order valence-electron chi connectivity index (χ0n) is 9.89. The molecule has 0 radical (unpaired) electrons. The number of rotatable bonds is 3. The molecule has 0 aromatic heterocycles. The molecular formula is C11H20N2O2S. The molecule has 0 aromatic carbocycles. The number of hydrogen-bond donors (Lipinski definition) is 1. The van der Waals surface area contributed by atoms with Crippen LogP contribution < -0.4 is 5.32 Å². The van der Waals surface area contributed by atoms with Gasteiger partial charge in [0, 0.05) is 30.1 Å². The molecule has 2 aliphatic heterocycles. The predicted octanol–water partition coefficient (Wildman–Crippen LogP) is 0.369. The standard InChI is InChI=1S/C11H20N2O2S/c1-9(2)13-5-3-10(7-13)12-11-4-6-16(14,15)8-11/h4,6,9-12H,3,5,7-8H2,1-2H3. The molecule has 1 fully saturated rings. The number of nitrogens with zero attached hydrogens (tertiary/aromatic N) is 1. The van der Waals surface area contributed by atoms with Crippen molar-refractivity contribution in [3.8, 4) is 0 Å². The number of hydrogen-bond acceptors (Lipinski definition) is 4. The van der Waals surface area contributed by atoms with Gasteiger partial charge in [-0.3, -0.25) is 4.90 Å². The maximum absolute atomic E-state index is 11.3. The monoisotopic (exact) mass is 244 g/mol. The van der Waals surface area contributed by atoms with E-state index in [0.717, 1.165) is 19.5 Å².